The van der Waals surface area contributed by atoms with E-state index in [1.807, 2.05) is 6.92 Å². The van der Waals surface area contributed by atoms with Gasteiger partial charge in [0.1, 0.15) is 5.82 Å². The molecule has 0 amide bonds. The molecule has 0 bridgehead atoms. The molecule has 1 rings (SSSR count). The zero-order chi connectivity index (χ0) is 13.8. The van der Waals surface area contributed by atoms with Gasteiger partial charge in [-0.25, -0.2) is 17.9 Å². The molecule has 7 heteroatoms. The van der Waals surface area contributed by atoms with Gasteiger partial charge < -0.3 is 11.1 Å². The molecule has 0 heterocycles. The van der Waals surface area contributed by atoms with Gasteiger partial charge in [-0.05, 0) is 31.0 Å². The lowest BCUT2D eigenvalue weighted by atomic mass is 10.2. The molecular formula is C11H18FN3O2S. The molecule has 1 atom stereocenters. The molecule has 0 saturated carbocycles. The van der Waals surface area contributed by atoms with Crippen LogP contribution in [0.15, 0.2) is 23.1 Å². The van der Waals surface area contributed by atoms with Crippen LogP contribution in [0, 0.1) is 5.82 Å². The molecule has 102 valence electrons. The molecule has 1 unspecified atom stereocenters. The second kappa shape index (κ2) is 6.12. The number of nitrogens with two attached hydrogens (primary N) is 2. The third-order valence-electron chi connectivity index (χ3n) is 2.62. The Kier molecular flexibility index (Phi) is 5.06. The fraction of sp³-hybridized carbons (Fsp3) is 0.455. The summed E-state index contributed by atoms with van der Waals surface area (Å²) in [5.41, 5.74) is 5.97. The second-order valence-electron chi connectivity index (χ2n) is 4.07. The Morgan fingerprint density at radius 1 is 1.44 bits per heavy atom. The maximum atomic E-state index is 13.6. The zero-order valence-electron chi connectivity index (χ0n) is 10.2. The van der Waals surface area contributed by atoms with Crippen molar-refractivity contribution in [2.45, 2.75) is 30.7 Å². The molecule has 0 radical (unpaired) electrons. The average molecular weight is 275 g/mol. The summed E-state index contributed by atoms with van der Waals surface area (Å²) in [5.74, 6) is -0.647. The van der Waals surface area contributed by atoms with E-state index in [-0.39, 0.29) is 16.6 Å². The van der Waals surface area contributed by atoms with Crippen LogP contribution in [0.2, 0.25) is 0 Å². The first-order valence-electron chi connectivity index (χ1n) is 5.66. The Bertz CT molecular complexity index is 505. The van der Waals surface area contributed by atoms with E-state index in [0.29, 0.717) is 13.0 Å². The summed E-state index contributed by atoms with van der Waals surface area (Å²) >= 11 is 0. The molecule has 5 N–H and O–H groups in total. The number of benzene rings is 1. The molecule has 0 aliphatic carbocycles. The van der Waals surface area contributed by atoms with Crippen molar-refractivity contribution < 1.29 is 12.8 Å². The first-order valence-corrected chi connectivity index (χ1v) is 7.21. The molecule has 0 fully saturated rings. The quantitative estimate of drug-likeness (QED) is 0.721. The minimum atomic E-state index is -3.87. The lowest BCUT2D eigenvalue weighted by Crippen LogP contribution is -2.22. The predicted octanol–water partition coefficient (Wildman–Crippen LogP) is 1.01. The van der Waals surface area contributed by atoms with Crippen LogP contribution in [-0.4, -0.2) is 21.0 Å². The van der Waals surface area contributed by atoms with Crippen molar-refractivity contribution >= 4 is 15.7 Å². The third-order valence-corrected chi connectivity index (χ3v) is 3.54. The first-order chi connectivity index (χ1) is 8.34. The van der Waals surface area contributed by atoms with Crippen LogP contribution in [0.5, 0.6) is 0 Å². The fourth-order valence-corrected chi connectivity index (χ4v) is 1.94. The van der Waals surface area contributed by atoms with Crippen LogP contribution >= 0.6 is 0 Å². The SMILES string of the molecule is CCC(N)CCNc1ccc(S(N)(=O)=O)cc1F. The van der Waals surface area contributed by atoms with E-state index < -0.39 is 15.8 Å². The highest BCUT2D eigenvalue weighted by Crippen LogP contribution is 2.18. The van der Waals surface area contributed by atoms with Crippen LogP contribution in [-0.2, 0) is 10.0 Å². The molecule has 18 heavy (non-hydrogen) atoms. The zero-order valence-corrected chi connectivity index (χ0v) is 11.0. The number of sulfonamides is 1. The Morgan fingerprint density at radius 3 is 2.61 bits per heavy atom. The van der Waals surface area contributed by atoms with Gasteiger partial charge in [-0.3, -0.25) is 0 Å². The molecule has 1 aromatic carbocycles. The minimum Gasteiger partial charge on any atom is -0.383 e. The van der Waals surface area contributed by atoms with Crippen molar-refractivity contribution in [1.82, 2.24) is 0 Å². The highest BCUT2D eigenvalue weighted by molar-refractivity contribution is 7.89. The summed E-state index contributed by atoms with van der Waals surface area (Å²) in [6.45, 7) is 2.51. The van der Waals surface area contributed by atoms with E-state index in [1.165, 1.54) is 12.1 Å². The minimum absolute atomic E-state index is 0.0734. The van der Waals surface area contributed by atoms with Crippen LogP contribution in [0.1, 0.15) is 19.8 Å². The monoisotopic (exact) mass is 275 g/mol. The van der Waals surface area contributed by atoms with Crippen LogP contribution < -0.4 is 16.2 Å². The molecular weight excluding hydrogens is 257 g/mol. The Labute approximate surface area is 106 Å². The predicted molar refractivity (Wildman–Crippen MR) is 69.1 cm³/mol. The van der Waals surface area contributed by atoms with Crippen molar-refractivity contribution in [1.29, 1.82) is 0 Å². The number of primary sulfonamides is 1. The number of hydrogen-bond donors (Lipinski definition) is 3. The van der Waals surface area contributed by atoms with Crippen molar-refractivity contribution in [3.8, 4) is 0 Å². The number of rotatable bonds is 6. The summed E-state index contributed by atoms with van der Waals surface area (Å²) in [4.78, 5) is -0.240. The molecule has 0 aliphatic heterocycles. The first kappa shape index (κ1) is 14.9. The van der Waals surface area contributed by atoms with E-state index in [9.17, 15) is 12.8 Å². The molecule has 5 nitrogen and oxygen atoms in total. The molecule has 1 aromatic rings. The van der Waals surface area contributed by atoms with E-state index in [4.69, 9.17) is 10.9 Å². The van der Waals surface area contributed by atoms with Gasteiger partial charge in [0.05, 0.1) is 10.6 Å². The molecule has 0 aliphatic rings. The van der Waals surface area contributed by atoms with Crippen LogP contribution in [0.4, 0.5) is 10.1 Å². The largest absolute Gasteiger partial charge is 0.383 e. The number of halogens is 1. The molecule has 0 spiro atoms. The highest BCUT2D eigenvalue weighted by Gasteiger charge is 2.11. The summed E-state index contributed by atoms with van der Waals surface area (Å²) in [6.07, 6.45) is 1.57. The number of nitrogens with one attached hydrogen (secondary N) is 1. The summed E-state index contributed by atoms with van der Waals surface area (Å²) in [5, 5.41) is 7.77. The summed E-state index contributed by atoms with van der Waals surface area (Å²) in [6, 6.07) is 3.59. The highest BCUT2D eigenvalue weighted by atomic mass is 32.2. The van der Waals surface area contributed by atoms with E-state index in [1.54, 1.807) is 0 Å². The van der Waals surface area contributed by atoms with E-state index in [0.717, 1.165) is 12.5 Å². The van der Waals surface area contributed by atoms with Crippen molar-refractivity contribution in [3.63, 3.8) is 0 Å². The average Bonchev–Trinajstić information content (AvgIpc) is 2.29. The van der Waals surface area contributed by atoms with E-state index in [2.05, 4.69) is 5.32 Å². The van der Waals surface area contributed by atoms with Gasteiger partial charge in [0.25, 0.3) is 0 Å². The maximum absolute atomic E-state index is 13.6. The summed E-state index contributed by atoms with van der Waals surface area (Å²) < 4.78 is 35.6. The number of hydrogen-bond acceptors (Lipinski definition) is 4. The van der Waals surface area contributed by atoms with Gasteiger partial charge in [0, 0.05) is 12.6 Å². The van der Waals surface area contributed by atoms with Crippen molar-refractivity contribution in [2.75, 3.05) is 11.9 Å². The van der Waals surface area contributed by atoms with Gasteiger partial charge in [-0.2, -0.15) is 0 Å². The van der Waals surface area contributed by atoms with E-state index >= 15 is 0 Å². The van der Waals surface area contributed by atoms with Gasteiger partial charge in [0.2, 0.25) is 10.0 Å². The Hall–Kier alpha value is -1.18. The summed E-state index contributed by atoms with van der Waals surface area (Å²) in [7, 11) is -3.87. The topological polar surface area (TPSA) is 98.2 Å². The lowest BCUT2D eigenvalue weighted by Gasteiger charge is -2.11. The van der Waals surface area contributed by atoms with Gasteiger partial charge >= 0.3 is 0 Å². The second-order valence-corrected chi connectivity index (χ2v) is 5.63. The fourth-order valence-electron chi connectivity index (χ4n) is 1.41. The van der Waals surface area contributed by atoms with Gasteiger partial charge in [-0.1, -0.05) is 6.92 Å². The normalized spacial score (nSPS) is 13.3. The van der Waals surface area contributed by atoms with Crippen LogP contribution in [0.25, 0.3) is 0 Å². The van der Waals surface area contributed by atoms with Gasteiger partial charge in [-0.15, -0.1) is 0 Å². The van der Waals surface area contributed by atoms with Crippen molar-refractivity contribution in [2.24, 2.45) is 10.9 Å². The Balaban J connectivity index is 2.69. The molecule has 0 saturated heterocycles. The number of anilines is 1. The Morgan fingerprint density at radius 2 is 2.11 bits per heavy atom. The smallest absolute Gasteiger partial charge is 0.238 e. The van der Waals surface area contributed by atoms with Gasteiger partial charge in [0.15, 0.2) is 0 Å². The lowest BCUT2D eigenvalue weighted by molar-refractivity contribution is 0.591. The third kappa shape index (κ3) is 4.25. The molecule has 0 aromatic heterocycles. The standard InChI is InChI=1S/C11H18FN3O2S/c1-2-8(13)5-6-15-11-4-3-9(7-10(11)12)18(14,16)17/h3-4,7-8,15H,2,5-6,13H2,1H3,(H2,14,16,17). The van der Waals surface area contributed by atoms with Crippen molar-refractivity contribution in [3.05, 3.63) is 24.0 Å². The van der Waals surface area contributed by atoms with Crippen LogP contribution in [0.3, 0.4) is 0 Å². The maximum Gasteiger partial charge on any atom is 0.238 e.